The summed E-state index contributed by atoms with van der Waals surface area (Å²) >= 11 is 0. The number of piperidine rings is 1. The van der Waals surface area contributed by atoms with Gasteiger partial charge in [-0.25, -0.2) is 4.39 Å². The molecule has 0 aliphatic carbocycles. The van der Waals surface area contributed by atoms with Crippen LogP contribution < -0.4 is 5.32 Å². The first kappa shape index (κ1) is 15.0. The Kier molecular flexibility index (Phi) is 4.16. The number of hydrogen-bond donors (Lipinski definition) is 2. The summed E-state index contributed by atoms with van der Waals surface area (Å²) in [5, 5.41) is 4.06. The fourth-order valence-corrected chi connectivity index (χ4v) is 3.30. The van der Waals surface area contributed by atoms with Crippen molar-refractivity contribution in [1.82, 2.24) is 15.2 Å². The van der Waals surface area contributed by atoms with Crippen LogP contribution in [0.2, 0.25) is 0 Å². The summed E-state index contributed by atoms with van der Waals surface area (Å²) < 4.78 is 13.2. The van der Waals surface area contributed by atoms with E-state index >= 15 is 0 Å². The molecule has 0 radical (unpaired) electrons. The predicted molar refractivity (Wildman–Crippen MR) is 85.2 cm³/mol. The highest BCUT2D eigenvalue weighted by Crippen LogP contribution is 2.20. The lowest BCUT2D eigenvalue weighted by atomic mass is 9.94. The number of H-pyrrole nitrogens is 1. The van der Waals surface area contributed by atoms with Crippen LogP contribution in [0.25, 0.3) is 10.9 Å². The summed E-state index contributed by atoms with van der Waals surface area (Å²) in [5.41, 5.74) is 1.64. The molecule has 118 valence electrons. The van der Waals surface area contributed by atoms with E-state index in [1.807, 2.05) is 0 Å². The van der Waals surface area contributed by atoms with Gasteiger partial charge in [-0.2, -0.15) is 0 Å². The Morgan fingerprint density at radius 1 is 1.50 bits per heavy atom. The standard InChI is InChI=1S/C17H22FN3O/c1-11-10-21(2)6-5-15(11)20-17(22)7-12-9-19-16-8-13(18)3-4-14(12)16/h3-4,8-9,11,15,19H,5-7,10H2,1-2H3,(H,20,22). The number of nitrogens with zero attached hydrogens (tertiary/aromatic N) is 1. The molecular formula is C17H22FN3O. The molecule has 2 heterocycles. The number of aromatic nitrogens is 1. The first-order valence-corrected chi connectivity index (χ1v) is 7.76. The minimum Gasteiger partial charge on any atom is -0.361 e. The third-order valence-corrected chi connectivity index (χ3v) is 4.54. The number of fused-ring (bicyclic) bond motifs is 1. The van der Waals surface area contributed by atoms with Crippen LogP contribution in [0.5, 0.6) is 0 Å². The number of carbonyl (C=O) groups excluding carboxylic acids is 1. The molecule has 1 aliphatic heterocycles. The number of likely N-dealkylation sites (tertiary alicyclic amines) is 1. The minimum atomic E-state index is -0.273. The van der Waals surface area contributed by atoms with Gasteiger partial charge in [0.1, 0.15) is 5.82 Å². The zero-order valence-electron chi connectivity index (χ0n) is 13.0. The van der Waals surface area contributed by atoms with Crippen molar-refractivity contribution in [3.63, 3.8) is 0 Å². The highest BCUT2D eigenvalue weighted by Gasteiger charge is 2.25. The molecule has 22 heavy (non-hydrogen) atoms. The molecule has 0 saturated carbocycles. The van der Waals surface area contributed by atoms with Crippen LogP contribution in [0.4, 0.5) is 4.39 Å². The molecule has 3 rings (SSSR count). The monoisotopic (exact) mass is 303 g/mol. The zero-order chi connectivity index (χ0) is 15.7. The van der Waals surface area contributed by atoms with Gasteiger partial charge >= 0.3 is 0 Å². The zero-order valence-corrected chi connectivity index (χ0v) is 13.0. The maximum absolute atomic E-state index is 13.2. The average molecular weight is 303 g/mol. The number of carbonyl (C=O) groups is 1. The van der Waals surface area contributed by atoms with Crippen molar-refractivity contribution in [3.05, 3.63) is 35.8 Å². The summed E-state index contributed by atoms with van der Waals surface area (Å²) in [6.07, 6.45) is 3.11. The second-order valence-electron chi connectivity index (χ2n) is 6.38. The fraction of sp³-hybridized carbons (Fsp3) is 0.471. The lowest BCUT2D eigenvalue weighted by Crippen LogP contribution is -2.49. The van der Waals surface area contributed by atoms with Gasteiger partial charge in [0.15, 0.2) is 0 Å². The smallest absolute Gasteiger partial charge is 0.224 e. The maximum Gasteiger partial charge on any atom is 0.224 e. The van der Waals surface area contributed by atoms with Crippen molar-refractivity contribution < 1.29 is 9.18 Å². The van der Waals surface area contributed by atoms with Crippen LogP contribution in [-0.4, -0.2) is 42.0 Å². The second kappa shape index (κ2) is 6.08. The Labute approximate surface area is 129 Å². The summed E-state index contributed by atoms with van der Waals surface area (Å²) in [6.45, 7) is 4.20. The van der Waals surface area contributed by atoms with Crippen LogP contribution >= 0.6 is 0 Å². The number of benzene rings is 1. The molecule has 0 spiro atoms. The van der Waals surface area contributed by atoms with Crippen LogP contribution in [0.1, 0.15) is 18.9 Å². The quantitative estimate of drug-likeness (QED) is 0.914. The molecule has 4 nitrogen and oxygen atoms in total. The van der Waals surface area contributed by atoms with E-state index in [0.29, 0.717) is 12.3 Å². The Morgan fingerprint density at radius 2 is 2.32 bits per heavy atom. The third-order valence-electron chi connectivity index (χ3n) is 4.54. The number of aromatic amines is 1. The van der Waals surface area contributed by atoms with Gasteiger partial charge in [-0.3, -0.25) is 4.79 Å². The molecule has 1 aromatic carbocycles. The first-order valence-electron chi connectivity index (χ1n) is 7.76. The Hall–Kier alpha value is -1.88. The van der Waals surface area contributed by atoms with Gasteiger partial charge in [0.05, 0.1) is 6.42 Å². The normalized spacial score (nSPS) is 22.9. The molecule has 1 saturated heterocycles. The molecule has 2 atom stereocenters. The van der Waals surface area contributed by atoms with E-state index in [-0.39, 0.29) is 17.8 Å². The predicted octanol–water partition coefficient (Wildman–Crippen LogP) is 2.31. The van der Waals surface area contributed by atoms with Crippen molar-refractivity contribution in [2.45, 2.75) is 25.8 Å². The fourth-order valence-electron chi connectivity index (χ4n) is 3.30. The lowest BCUT2D eigenvalue weighted by Gasteiger charge is -2.35. The van der Waals surface area contributed by atoms with Gasteiger partial charge in [0.25, 0.3) is 0 Å². The minimum absolute atomic E-state index is 0.0339. The van der Waals surface area contributed by atoms with Crippen LogP contribution in [0.3, 0.4) is 0 Å². The Balaban J connectivity index is 1.66. The third kappa shape index (κ3) is 3.14. The van der Waals surface area contributed by atoms with E-state index in [0.717, 1.165) is 36.0 Å². The van der Waals surface area contributed by atoms with E-state index in [2.05, 4.69) is 29.2 Å². The maximum atomic E-state index is 13.2. The summed E-state index contributed by atoms with van der Waals surface area (Å²) in [6, 6.07) is 4.85. The molecule has 2 unspecified atom stereocenters. The van der Waals surface area contributed by atoms with E-state index < -0.39 is 0 Å². The molecule has 2 N–H and O–H groups in total. The highest BCUT2D eigenvalue weighted by atomic mass is 19.1. The van der Waals surface area contributed by atoms with Gasteiger partial charge in [0, 0.05) is 29.7 Å². The molecular weight excluding hydrogens is 281 g/mol. The van der Waals surface area contributed by atoms with Crippen molar-refractivity contribution in [3.8, 4) is 0 Å². The van der Waals surface area contributed by atoms with Crippen LogP contribution in [0, 0.1) is 11.7 Å². The Bertz CT molecular complexity index is 682. The SMILES string of the molecule is CC1CN(C)CCC1NC(=O)Cc1c[nH]c2cc(F)ccc12. The molecule has 1 aromatic heterocycles. The molecule has 1 fully saturated rings. The van der Waals surface area contributed by atoms with Crippen molar-refractivity contribution >= 4 is 16.8 Å². The molecule has 0 bridgehead atoms. The second-order valence-corrected chi connectivity index (χ2v) is 6.38. The molecule has 2 aromatic rings. The average Bonchev–Trinajstić information content (AvgIpc) is 2.84. The van der Waals surface area contributed by atoms with Gasteiger partial charge in [-0.05, 0) is 49.7 Å². The van der Waals surface area contributed by atoms with E-state index in [9.17, 15) is 9.18 Å². The van der Waals surface area contributed by atoms with Crippen LogP contribution in [-0.2, 0) is 11.2 Å². The topological polar surface area (TPSA) is 48.1 Å². The molecule has 1 aliphatic rings. The molecule has 1 amide bonds. The first-order chi connectivity index (χ1) is 10.5. The largest absolute Gasteiger partial charge is 0.361 e. The molecule has 5 heteroatoms. The highest BCUT2D eigenvalue weighted by molar-refractivity contribution is 5.89. The van der Waals surface area contributed by atoms with E-state index in [1.54, 1.807) is 12.3 Å². The number of halogens is 1. The van der Waals surface area contributed by atoms with Crippen molar-refractivity contribution in [2.75, 3.05) is 20.1 Å². The van der Waals surface area contributed by atoms with Crippen LogP contribution in [0.15, 0.2) is 24.4 Å². The van der Waals surface area contributed by atoms with Gasteiger partial charge in [0.2, 0.25) is 5.91 Å². The number of hydrogen-bond acceptors (Lipinski definition) is 2. The van der Waals surface area contributed by atoms with E-state index in [1.165, 1.54) is 12.1 Å². The van der Waals surface area contributed by atoms with Gasteiger partial charge in [-0.15, -0.1) is 0 Å². The number of amides is 1. The van der Waals surface area contributed by atoms with Gasteiger partial charge < -0.3 is 15.2 Å². The van der Waals surface area contributed by atoms with Crippen molar-refractivity contribution in [1.29, 1.82) is 0 Å². The van der Waals surface area contributed by atoms with Gasteiger partial charge in [-0.1, -0.05) is 6.92 Å². The summed E-state index contributed by atoms with van der Waals surface area (Å²) in [4.78, 5) is 17.6. The summed E-state index contributed by atoms with van der Waals surface area (Å²) in [7, 11) is 2.11. The Morgan fingerprint density at radius 3 is 3.09 bits per heavy atom. The summed E-state index contributed by atoms with van der Waals surface area (Å²) in [5.74, 6) is 0.219. The van der Waals surface area contributed by atoms with Crippen molar-refractivity contribution in [2.24, 2.45) is 5.92 Å². The number of rotatable bonds is 3. The lowest BCUT2D eigenvalue weighted by molar-refractivity contribution is -0.121. The number of nitrogens with one attached hydrogen (secondary N) is 2. The van der Waals surface area contributed by atoms with E-state index in [4.69, 9.17) is 0 Å².